The second-order valence-electron chi connectivity index (χ2n) is 8.51. The lowest BCUT2D eigenvalue weighted by molar-refractivity contribution is -0.660. The summed E-state index contributed by atoms with van der Waals surface area (Å²) in [4.78, 5) is 0. The molecule has 2 aromatic heterocycles. The molecule has 0 amide bonds. The van der Waals surface area contributed by atoms with Gasteiger partial charge >= 0.3 is 0 Å². The molecule has 0 saturated carbocycles. The van der Waals surface area contributed by atoms with Crippen molar-refractivity contribution in [1.82, 2.24) is 0 Å². The van der Waals surface area contributed by atoms with Gasteiger partial charge in [-0.3, -0.25) is 0 Å². The Morgan fingerprint density at radius 3 is 2.56 bits per heavy atom. The van der Waals surface area contributed by atoms with Crippen molar-refractivity contribution in [3.05, 3.63) is 83.8 Å². The zero-order chi connectivity index (χ0) is 21.8. The van der Waals surface area contributed by atoms with Crippen LogP contribution in [0.2, 0.25) is 0 Å². The topological polar surface area (TPSA) is 26.2 Å². The van der Waals surface area contributed by atoms with Crippen molar-refractivity contribution in [2.75, 3.05) is 6.61 Å². The van der Waals surface area contributed by atoms with Gasteiger partial charge in [-0.1, -0.05) is 18.2 Å². The number of pyridine rings is 1. The molecule has 1 aliphatic heterocycles. The van der Waals surface area contributed by atoms with Crippen LogP contribution in [-0.4, -0.2) is 6.61 Å². The Kier molecular flexibility index (Phi) is 4.29. The van der Waals surface area contributed by atoms with Gasteiger partial charge in [0.25, 0.3) is 0 Å². The summed E-state index contributed by atoms with van der Waals surface area (Å²) in [5, 5.41) is 1.91. The van der Waals surface area contributed by atoms with Crippen molar-refractivity contribution in [2.45, 2.75) is 19.8 Å². The maximum absolute atomic E-state index is 15.2. The number of furan rings is 1. The summed E-state index contributed by atoms with van der Waals surface area (Å²) in [6, 6.07) is 19.6. The number of halogens is 1. The lowest BCUT2D eigenvalue weighted by Crippen LogP contribution is -2.30. The maximum atomic E-state index is 15.2. The summed E-state index contributed by atoms with van der Waals surface area (Å²) in [6.07, 6.45) is 3.94. The van der Waals surface area contributed by atoms with Crippen LogP contribution in [0.15, 0.2) is 71.3 Å². The fourth-order valence-electron chi connectivity index (χ4n) is 4.86. The van der Waals surface area contributed by atoms with Gasteiger partial charge in [-0.15, -0.1) is 0 Å². The number of benzene rings is 3. The van der Waals surface area contributed by atoms with Crippen molar-refractivity contribution < 1.29 is 18.1 Å². The number of aromatic nitrogens is 1. The first-order valence-electron chi connectivity index (χ1n) is 11.0. The lowest BCUT2D eigenvalue weighted by Gasteiger charge is -2.18. The first-order chi connectivity index (χ1) is 15.6. The Balaban J connectivity index is 1.66. The Bertz CT molecular complexity index is 1520. The zero-order valence-corrected chi connectivity index (χ0v) is 18.1. The number of ether oxygens (including phenoxy) is 1. The third kappa shape index (κ3) is 2.83. The van der Waals surface area contributed by atoms with Crippen molar-refractivity contribution in [3.63, 3.8) is 0 Å². The molecule has 32 heavy (non-hydrogen) atoms. The molecule has 3 aromatic carbocycles. The molecule has 0 radical (unpaired) electrons. The molecule has 0 unspecified atom stereocenters. The molecule has 0 N–H and O–H groups in total. The highest BCUT2D eigenvalue weighted by molar-refractivity contribution is 6.13. The normalized spacial score (nSPS) is 13.3. The number of hydrogen-bond donors (Lipinski definition) is 0. The number of nitrogens with zero attached hydrogens (tertiary/aromatic N) is 1. The third-order valence-corrected chi connectivity index (χ3v) is 6.48. The Morgan fingerprint density at radius 1 is 0.906 bits per heavy atom. The fourth-order valence-corrected chi connectivity index (χ4v) is 4.86. The monoisotopic (exact) mass is 424 g/mol. The smallest absolute Gasteiger partial charge is 0.216 e. The predicted octanol–water partition coefficient (Wildman–Crippen LogP) is 6.52. The van der Waals surface area contributed by atoms with Gasteiger partial charge in [-0.25, -0.2) is 8.96 Å². The van der Waals surface area contributed by atoms with E-state index >= 15 is 4.39 Å². The van der Waals surface area contributed by atoms with Gasteiger partial charge in [0.1, 0.15) is 29.8 Å². The van der Waals surface area contributed by atoms with Gasteiger partial charge in [0.05, 0.1) is 17.7 Å². The van der Waals surface area contributed by atoms with E-state index in [9.17, 15) is 0 Å². The number of hydrogen-bond acceptors (Lipinski definition) is 2. The standard InChI is InChI=1S/C28H23FNO2/c1-17-8-10-20-21-11-12-22(29)26(19-9-13-24-18(16-19)6-5-15-31-24)28(21)32-27(20)25(17)23-7-3-4-14-30(23)2/h3-4,7-14,16H,5-6,15H2,1-2H3/q+1. The molecule has 0 spiro atoms. The van der Waals surface area contributed by atoms with Gasteiger partial charge in [0.2, 0.25) is 5.69 Å². The molecule has 3 heterocycles. The summed E-state index contributed by atoms with van der Waals surface area (Å²) >= 11 is 0. The number of fused-ring (bicyclic) bond motifs is 4. The second-order valence-corrected chi connectivity index (χ2v) is 8.51. The molecule has 0 bridgehead atoms. The Labute approximate surface area is 185 Å². The summed E-state index contributed by atoms with van der Waals surface area (Å²) < 4.78 is 29.6. The minimum Gasteiger partial charge on any atom is -0.493 e. The first kappa shape index (κ1) is 19.1. The Hall–Kier alpha value is -3.66. The minimum atomic E-state index is -0.281. The van der Waals surface area contributed by atoms with E-state index < -0.39 is 0 Å². The van der Waals surface area contributed by atoms with Crippen LogP contribution in [0.5, 0.6) is 5.75 Å². The van der Waals surface area contributed by atoms with Crippen LogP contribution >= 0.6 is 0 Å². The molecular weight excluding hydrogens is 401 g/mol. The maximum Gasteiger partial charge on any atom is 0.216 e. The highest BCUT2D eigenvalue weighted by Gasteiger charge is 2.23. The van der Waals surface area contributed by atoms with Crippen molar-refractivity contribution >= 4 is 21.9 Å². The van der Waals surface area contributed by atoms with E-state index in [2.05, 4.69) is 29.7 Å². The highest BCUT2D eigenvalue weighted by atomic mass is 19.1. The minimum absolute atomic E-state index is 0.281. The van der Waals surface area contributed by atoms with Crippen LogP contribution in [0, 0.1) is 12.7 Å². The third-order valence-electron chi connectivity index (χ3n) is 6.48. The van der Waals surface area contributed by atoms with E-state index in [-0.39, 0.29) is 5.82 Å². The summed E-state index contributed by atoms with van der Waals surface area (Å²) in [5.41, 5.74) is 7.03. The fraction of sp³-hybridized carbons (Fsp3) is 0.179. The summed E-state index contributed by atoms with van der Waals surface area (Å²) in [6.45, 7) is 2.82. The molecule has 158 valence electrons. The molecule has 1 aliphatic rings. The van der Waals surface area contributed by atoms with Gasteiger partial charge < -0.3 is 9.15 Å². The van der Waals surface area contributed by atoms with Gasteiger partial charge in [0, 0.05) is 22.9 Å². The van der Waals surface area contributed by atoms with Crippen molar-refractivity contribution in [1.29, 1.82) is 0 Å². The average molecular weight is 424 g/mol. The first-order valence-corrected chi connectivity index (χ1v) is 11.0. The van der Waals surface area contributed by atoms with Crippen LogP contribution in [-0.2, 0) is 13.5 Å². The molecule has 3 nitrogen and oxygen atoms in total. The van der Waals surface area contributed by atoms with Crippen LogP contribution in [0.4, 0.5) is 4.39 Å². The van der Waals surface area contributed by atoms with Gasteiger partial charge in [-0.2, -0.15) is 0 Å². The number of rotatable bonds is 2. The Morgan fingerprint density at radius 2 is 1.72 bits per heavy atom. The summed E-state index contributed by atoms with van der Waals surface area (Å²) in [5.74, 6) is 0.614. The largest absolute Gasteiger partial charge is 0.493 e. The molecule has 0 fully saturated rings. The summed E-state index contributed by atoms with van der Waals surface area (Å²) in [7, 11) is 2.02. The van der Waals surface area contributed by atoms with Gasteiger partial charge in [0.15, 0.2) is 6.20 Å². The van der Waals surface area contributed by atoms with E-state index in [0.717, 1.165) is 69.5 Å². The molecule has 4 heteroatoms. The molecule has 0 saturated heterocycles. The highest BCUT2D eigenvalue weighted by Crippen LogP contribution is 2.42. The number of aryl methyl sites for hydroxylation is 3. The molecule has 6 rings (SSSR count). The van der Waals surface area contributed by atoms with Crippen LogP contribution < -0.4 is 9.30 Å². The molecule has 0 aliphatic carbocycles. The van der Waals surface area contributed by atoms with E-state index in [1.165, 1.54) is 0 Å². The lowest BCUT2D eigenvalue weighted by atomic mass is 9.96. The SMILES string of the molecule is Cc1ccc2c(oc3c(-c4ccc5c(c4)CCCO5)c(F)ccc32)c1-c1cccc[n+]1C. The van der Waals surface area contributed by atoms with Crippen LogP contribution in [0.1, 0.15) is 17.5 Å². The molecule has 5 aromatic rings. The van der Waals surface area contributed by atoms with E-state index in [0.29, 0.717) is 11.1 Å². The molecule has 0 atom stereocenters. The average Bonchev–Trinajstić information content (AvgIpc) is 3.17. The van der Waals surface area contributed by atoms with E-state index in [1.54, 1.807) is 6.07 Å². The predicted molar refractivity (Wildman–Crippen MR) is 124 cm³/mol. The van der Waals surface area contributed by atoms with Crippen LogP contribution in [0.3, 0.4) is 0 Å². The van der Waals surface area contributed by atoms with E-state index in [4.69, 9.17) is 9.15 Å². The van der Waals surface area contributed by atoms with Crippen molar-refractivity contribution in [2.24, 2.45) is 7.05 Å². The molecular formula is C28H23FNO2+. The van der Waals surface area contributed by atoms with E-state index in [1.807, 2.05) is 49.6 Å². The zero-order valence-electron chi connectivity index (χ0n) is 18.1. The quantitative estimate of drug-likeness (QED) is 0.302. The van der Waals surface area contributed by atoms with Gasteiger partial charge in [-0.05, 0) is 66.8 Å². The second kappa shape index (κ2) is 7.20. The van der Waals surface area contributed by atoms with Crippen LogP contribution in [0.25, 0.3) is 44.3 Å². The van der Waals surface area contributed by atoms with Crippen molar-refractivity contribution in [3.8, 4) is 28.1 Å².